The van der Waals surface area contributed by atoms with Gasteiger partial charge < -0.3 is 10.1 Å². The molecule has 0 saturated heterocycles. The molecule has 3 rings (SSSR count). The van der Waals surface area contributed by atoms with Crippen LogP contribution in [0, 0.1) is 0 Å². The van der Waals surface area contributed by atoms with Gasteiger partial charge in [0.05, 0.1) is 6.04 Å². The first-order valence-corrected chi connectivity index (χ1v) is 7.84. The van der Waals surface area contributed by atoms with Crippen molar-refractivity contribution in [2.75, 3.05) is 11.4 Å². The van der Waals surface area contributed by atoms with E-state index in [-0.39, 0.29) is 0 Å². The number of anilines is 1. The first-order valence-electron chi connectivity index (χ1n) is 7.84. The van der Waals surface area contributed by atoms with E-state index in [1.807, 2.05) is 12.1 Å². The molecule has 1 heterocycles. The van der Waals surface area contributed by atoms with Crippen molar-refractivity contribution in [2.45, 2.75) is 25.4 Å². The van der Waals surface area contributed by atoms with Crippen LogP contribution in [-0.2, 0) is 17.8 Å². The fourth-order valence-electron chi connectivity index (χ4n) is 3.13. The molecule has 23 heavy (non-hydrogen) atoms. The lowest BCUT2D eigenvalue weighted by atomic mass is 9.96. The van der Waals surface area contributed by atoms with Gasteiger partial charge in [-0.2, -0.15) is 5.48 Å². The third-order valence-corrected chi connectivity index (χ3v) is 4.27. The van der Waals surface area contributed by atoms with E-state index in [1.54, 1.807) is 5.94 Å². The van der Waals surface area contributed by atoms with E-state index in [0.717, 1.165) is 31.5 Å². The Balaban J connectivity index is 1.86. The van der Waals surface area contributed by atoms with Gasteiger partial charge in [-0.05, 0) is 35.6 Å². The van der Waals surface area contributed by atoms with Crippen molar-refractivity contribution in [3.8, 4) is 0 Å². The van der Waals surface area contributed by atoms with Gasteiger partial charge >= 0.3 is 0 Å². The molecular weight excluding hydrogens is 288 g/mol. The average molecular weight is 308 g/mol. The highest BCUT2D eigenvalue weighted by molar-refractivity contribution is 5.58. The lowest BCUT2D eigenvalue weighted by molar-refractivity contribution is 0.144. The largest absolute Gasteiger partial charge is 0.367 e. The van der Waals surface area contributed by atoms with Crippen LogP contribution in [0.5, 0.6) is 0 Å². The highest BCUT2D eigenvalue weighted by Crippen LogP contribution is 2.31. The summed E-state index contributed by atoms with van der Waals surface area (Å²) in [6, 6.07) is 16.0. The molecule has 0 radical (unpaired) electrons. The van der Waals surface area contributed by atoms with Crippen LogP contribution in [-0.4, -0.2) is 17.7 Å². The van der Waals surface area contributed by atoms with Crippen molar-refractivity contribution in [3.63, 3.8) is 0 Å². The zero-order chi connectivity index (χ0) is 16.1. The topological polar surface area (TPSA) is 52.6 Å². The van der Waals surface area contributed by atoms with Crippen molar-refractivity contribution in [1.82, 2.24) is 5.48 Å². The number of rotatable bonds is 5. The number of hydrogen-bond acceptors (Lipinski definition) is 4. The molecule has 0 fully saturated rings. The lowest BCUT2D eigenvalue weighted by Crippen LogP contribution is -2.29. The molecule has 2 N–H and O–H groups in total. The second-order valence-electron chi connectivity index (χ2n) is 5.79. The molecule has 1 aliphatic heterocycles. The van der Waals surface area contributed by atoms with E-state index in [2.05, 4.69) is 46.8 Å². The normalized spacial score (nSPS) is 14.7. The number of fused-ring (bicyclic) bond motifs is 1. The molecule has 1 aliphatic rings. The second kappa shape index (κ2) is 7.25. The summed E-state index contributed by atoms with van der Waals surface area (Å²) in [4.78, 5) is 12.9. The van der Waals surface area contributed by atoms with Crippen molar-refractivity contribution in [3.05, 3.63) is 71.3 Å². The summed E-state index contributed by atoms with van der Waals surface area (Å²) >= 11 is 0. The minimum atomic E-state index is -0.512. The molecule has 118 valence electrons. The SMILES string of the molecule is O=C=CC(NO)c1ccc2c(c1)CCCN2Cc1ccccc1. The molecule has 0 amide bonds. The molecule has 2 aromatic rings. The van der Waals surface area contributed by atoms with Gasteiger partial charge in [0, 0.05) is 24.9 Å². The van der Waals surface area contributed by atoms with Crippen LogP contribution in [0.25, 0.3) is 0 Å². The summed E-state index contributed by atoms with van der Waals surface area (Å²) < 4.78 is 0. The molecule has 1 unspecified atom stereocenters. The molecule has 1 atom stereocenters. The minimum absolute atomic E-state index is 0.512. The summed E-state index contributed by atoms with van der Waals surface area (Å²) in [5.41, 5.74) is 6.80. The van der Waals surface area contributed by atoms with Crippen molar-refractivity contribution in [1.29, 1.82) is 0 Å². The highest BCUT2D eigenvalue weighted by Gasteiger charge is 2.19. The first kappa shape index (κ1) is 15.5. The predicted octanol–water partition coefficient (Wildman–Crippen LogP) is 3.05. The van der Waals surface area contributed by atoms with Crippen LogP contribution in [0.3, 0.4) is 0 Å². The van der Waals surface area contributed by atoms with Gasteiger partial charge in [0.25, 0.3) is 0 Å². The third-order valence-electron chi connectivity index (χ3n) is 4.27. The Morgan fingerprint density at radius 1 is 1.26 bits per heavy atom. The fourth-order valence-corrected chi connectivity index (χ4v) is 3.13. The van der Waals surface area contributed by atoms with Gasteiger partial charge in [-0.3, -0.25) is 0 Å². The van der Waals surface area contributed by atoms with Gasteiger partial charge in [0.15, 0.2) is 0 Å². The Kier molecular flexibility index (Phi) is 4.89. The predicted molar refractivity (Wildman–Crippen MR) is 90.2 cm³/mol. The Morgan fingerprint density at radius 2 is 2.09 bits per heavy atom. The van der Waals surface area contributed by atoms with Gasteiger partial charge in [-0.1, -0.05) is 42.5 Å². The average Bonchev–Trinajstić information content (AvgIpc) is 2.60. The zero-order valence-corrected chi connectivity index (χ0v) is 12.9. The third kappa shape index (κ3) is 3.51. The van der Waals surface area contributed by atoms with E-state index in [1.165, 1.54) is 22.9 Å². The van der Waals surface area contributed by atoms with Crippen LogP contribution >= 0.6 is 0 Å². The number of benzene rings is 2. The standard InChI is InChI=1S/C19H20N2O2/c22-12-10-18(20-23)16-8-9-19-17(13-16)7-4-11-21(19)14-15-5-2-1-3-6-15/h1-3,5-6,8-10,13,18,20,23H,4,7,11,14H2. The number of nitrogens with zero attached hydrogens (tertiary/aromatic N) is 1. The maximum absolute atomic E-state index is 10.6. The Morgan fingerprint density at radius 3 is 2.83 bits per heavy atom. The van der Waals surface area contributed by atoms with Gasteiger partial charge in [0.2, 0.25) is 0 Å². The molecule has 4 nitrogen and oxygen atoms in total. The second-order valence-corrected chi connectivity index (χ2v) is 5.79. The van der Waals surface area contributed by atoms with E-state index < -0.39 is 6.04 Å². The quantitative estimate of drug-likeness (QED) is 0.658. The van der Waals surface area contributed by atoms with Crippen LogP contribution in [0.1, 0.15) is 29.2 Å². The number of hydrogen-bond donors (Lipinski definition) is 2. The Labute approximate surface area is 136 Å². The maximum Gasteiger partial charge on any atom is 0.122 e. The van der Waals surface area contributed by atoms with Gasteiger partial charge in [-0.15, -0.1) is 0 Å². The van der Waals surface area contributed by atoms with E-state index in [0.29, 0.717) is 0 Å². The van der Waals surface area contributed by atoms with Crippen LogP contribution < -0.4 is 10.4 Å². The smallest absolute Gasteiger partial charge is 0.122 e. The molecule has 0 bridgehead atoms. The summed E-state index contributed by atoms with van der Waals surface area (Å²) in [6.07, 6.45) is 3.40. The van der Waals surface area contributed by atoms with Crippen LogP contribution in [0.15, 0.2) is 54.6 Å². The molecule has 0 aromatic heterocycles. The molecule has 4 heteroatoms. The number of nitrogens with one attached hydrogen (secondary N) is 1. The summed E-state index contributed by atoms with van der Waals surface area (Å²) in [6.45, 7) is 1.93. The van der Waals surface area contributed by atoms with E-state index in [4.69, 9.17) is 0 Å². The monoisotopic (exact) mass is 308 g/mol. The molecular formula is C19H20N2O2. The Bertz CT molecular complexity index is 709. The molecule has 0 aliphatic carbocycles. The zero-order valence-electron chi connectivity index (χ0n) is 12.9. The van der Waals surface area contributed by atoms with Crippen LogP contribution in [0.2, 0.25) is 0 Å². The van der Waals surface area contributed by atoms with Gasteiger partial charge in [-0.25, -0.2) is 4.79 Å². The van der Waals surface area contributed by atoms with Gasteiger partial charge in [0.1, 0.15) is 5.94 Å². The number of hydroxylamine groups is 1. The first-order chi connectivity index (χ1) is 11.3. The summed E-state index contributed by atoms with van der Waals surface area (Å²) in [7, 11) is 0. The van der Waals surface area contributed by atoms with Crippen molar-refractivity contribution >= 4 is 11.6 Å². The molecule has 0 spiro atoms. The number of aryl methyl sites for hydroxylation is 1. The van der Waals surface area contributed by atoms with E-state index >= 15 is 0 Å². The summed E-state index contributed by atoms with van der Waals surface area (Å²) in [5, 5.41) is 9.19. The fraction of sp³-hybridized carbons (Fsp3) is 0.263. The number of carbonyl (C=O) groups excluding carboxylic acids is 1. The van der Waals surface area contributed by atoms with E-state index in [9.17, 15) is 10.0 Å². The lowest BCUT2D eigenvalue weighted by Gasteiger charge is -2.32. The minimum Gasteiger partial charge on any atom is -0.367 e. The highest BCUT2D eigenvalue weighted by atomic mass is 16.5. The maximum atomic E-state index is 10.6. The van der Waals surface area contributed by atoms with Crippen molar-refractivity contribution in [2.24, 2.45) is 0 Å². The Hall–Kier alpha value is -2.39. The summed E-state index contributed by atoms with van der Waals surface area (Å²) in [5.74, 6) is 1.73. The van der Waals surface area contributed by atoms with Crippen LogP contribution in [0.4, 0.5) is 5.69 Å². The molecule has 0 saturated carbocycles. The molecule has 2 aromatic carbocycles. The van der Waals surface area contributed by atoms with Crippen molar-refractivity contribution < 1.29 is 10.0 Å².